The standard InChI is InChI=1S/C23H18BrFN2O2S/c1-14-11-17(15(2)27(14)20-9-7-19(25)8-10-20)12-21-22(28)26(23(29)30-21)13-16-3-5-18(24)6-4-16/h3-12H,13H2,1-2H3/b21-12+. The average Bonchev–Trinajstić information content (AvgIpc) is 3.14. The molecule has 3 aromatic rings. The Kier molecular flexibility index (Phi) is 5.66. The first-order chi connectivity index (χ1) is 14.3. The largest absolute Gasteiger partial charge is 0.318 e. The first-order valence-electron chi connectivity index (χ1n) is 9.28. The van der Waals surface area contributed by atoms with Gasteiger partial charge in [0, 0.05) is 21.5 Å². The van der Waals surface area contributed by atoms with Gasteiger partial charge in [0.05, 0.1) is 11.4 Å². The van der Waals surface area contributed by atoms with Crippen LogP contribution in [-0.4, -0.2) is 20.6 Å². The molecular formula is C23H18BrFN2O2S. The Balaban J connectivity index is 1.61. The lowest BCUT2D eigenvalue weighted by atomic mass is 10.2. The SMILES string of the molecule is Cc1cc(/C=C2/SC(=O)N(Cc3ccc(Br)cc3)C2=O)c(C)n1-c1ccc(F)cc1. The minimum Gasteiger partial charge on any atom is -0.318 e. The first-order valence-corrected chi connectivity index (χ1v) is 10.9. The van der Waals surface area contributed by atoms with Gasteiger partial charge in [0.15, 0.2) is 0 Å². The van der Waals surface area contributed by atoms with Gasteiger partial charge in [-0.25, -0.2) is 4.39 Å². The second kappa shape index (κ2) is 8.24. The zero-order chi connectivity index (χ0) is 21.4. The summed E-state index contributed by atoms with van der Waals surface area (Å²) in [5.41, 5.74) is 4.45. The van der Waals surface area contributed by atoms with Crippen LogP contribution < -0.4 is 0 Å². The lowest BCUT2D eigenvalue weighted by Crippen LogP contribution is -2.27. The number of benzene rings is 2. The maximum absolute atomic E-state index is 13.3. The normalized spacial score (nSPS) is 15.5. The van der Waals surface area contributed by atoms with E-state index in [4.69, 9.17) is 0 Å². The fraction of sp³-hybridized carbons (Fsp3) is 0.130. The Morgan fingerprint density at radius 1 is 1.03 bits per heavy atom. The van der Waals surface area contributed by atoms with E-state index in [9.17, 15) is 14.0 Å². The maximum atomic E-state index is 13.3. The van der Waals surface area contributed by atoms with Crippen molar-refractivity contribution in [1.82, 2.24) is 9.47 Å². The molecule has 0 radical (unpaired) electrons. The molecular weight excluding hydrogens is 467 g/mol. The van der Waals surface area contributed by atoms with E-state index in [0.717, 1.165) is 44.4 Å². The van der Waals surface area contributed by atoms with Crippen molar-refractivity contribution in [2.75, 3.05) is 0 Å². The number of amides is 2. The molecule has 0 bridgehead atoms. The van der Waals surface area contributed by atoms with Gasteiger partial charge in [-0.15, -0.1) is 0 Å². The van der Waals surface area contributed by atoms with Crippen LogP contribution >= 0.6 is 27.7 Å². The number of thioether (sulfide) groups is 1. The zero-order valence-electron chi connectivity index (χ0n) is 16.4. The number of hydrogen-bond acceptors (Lipinski definition) is 3. The zero-order valence-corrected chi connectivity index (χ0v) is 18.8. The van der Waals surface area contributed by atoms with Crippen LogP contribution in [0.3, 0.4) is 0 Å². The number of imide groups is 1. The number of hydrogen-bond donors (Lipinski definition) is 0. The molecule has 1 aliphatic rings. The van der Waals surface area contributed by atoms with Crippen molar-refractivity contribution in [3.8, 4) is 5.69 Å². The van der Waals surface area contributed by atoms with Gasteiger partial charge in [-0.3, -0.25) is 14.5 Å². The van der Waals surface area contributed by atoms with Crippen molar-refractivity contribution < 1.29 is 14.0 Å². The fourth-order valence-corrected chi connectivity index (χ4v) is 4.56. The molecule has 1 fully saturated rings. The minimum absolute atomic E-state index is 0.240. The van der Waals surface area contributed by atoms with Crippen molar-refractivity contribution in [3.63, 3.8) is 0 Å². The predicted octanol–water partition coefficient (Wildman–Crippen LogP) is 6.23. The number of halogens is 2. The van der Waals surface area contributed by atoms with Gasteiger partial charge in [-0.2, -0.15) is 0 Å². The smallest absolute Gasteiger partial charge is 0.293 e. The molecule has 2 aromatic carbocycles. The third-order valence-electron chi connectivity index (χ3n) is 4.97. The summed E-state index contributed by atoms with van der Waals surface area (Å²) in [6.07, 6.45) is 1.76. The number of carbonyl (C=O) groups excluding carboxylic acids is 2. The summed E-state index contributed by atoms with van der Waals surface area (Å²) in [4.78, 5) is 27.0. The number of nitrogens with zero attached hydrogens (tertiary/aromatic N) is 2. The summed E-state index contributed by atoms with van der Waals surface area (Å²) in [5.74, 6) is -0.583. The molecule has 1 saturated heterocycles. The highest BCUT2D eigenvalue weighted by Crippen LogP contribution is 2.34. The summed E-state index contributed by atoms with van der Waals surface area (Å²) in [7, 11) is 0. The van der Waals surface area contributed by atoms with E-state index >= 15 is 0 Å². The summed E-state index contributed by atoms with van der Waals surface area (Å²) < 4.78 is 16.2. The van der Waals surface area contributed by atoms with Crippen LogP contribution in [0.5, 0.6) is 0 Å². The molecule has 30 heavy (non-hydrogen) atoms. The Morgan fingerprint density at radius 3 is 2.37 bits per heavy atom. The van der Waals surface area contributed by atoms with Crippen LogP contribution in [0.15, 0.2) is 64.0 Å². The second-order valence-corrected chi connectivity index (χ2v) is 8.94. The quantitative estimate of drug-likeness (QED) is 0.412. The number of carbonyl (C=O) groups is 2. The molecule has 0 N–H and O–H groups in total. The highest BCUT2D eigenvalue weighted by Gasteiger charge is 2.35. The maximum Gasteiger partial charge on any atom is 0.293 e. The molecule has 0 saturated carbocycles. The topological polar surface area (TPSA) is 42.3 Å². The van der Waals surface area contributed by atoms with E-state index < -0.39 is 0 Å². The van der Waals surface area contributed by atoms with Crippen molar-refractivity contribution in [1.29, 1.82) is 0 Å². The minimum atomic E-state index is -0.292. The van der Waals surface area contributed by atoms with Crippen molar-refractivity contribution in [2.24, 2.45) is 0 Å². The number of aryl methyl sites for hydroxylation is 1. The molecule has 0 atom stereocenters. The van der Waals surface area contributed by atoms with Crippen LogP contribution in [0.1, 0.15) is 22.5 Å². The Hall–Kier alpha value is -2.64. The van der Waals surface area contributed by atoms with Crippen LogP contribution in [0, 0.1) is 19.7 Å². The molecule has 4 rings (SSSR count). The third-order valence-corrected chi connectivity index (χ3v) is 6.41. The van der Waals surface area contributed by atoms with Gasteiger partial charge in [-0.1, -0.05) is 28.1 Å². The van der Waals surface area contributed by atoms with Crippen molar-refractivity contribution in [3.05, 3.63) is 92.3 Å². The molecule has 4 nitrogen and oxygen atoms in total. The van der Waals surface area contributed by atoms with Gasteiger partial charge in [0.1, 0.15) is 5.82 Å². The van der Waals surface area contributed by atoms with Gasteiger partial charge in [0.2, 0.25) is 0 Å². The highest BCUT2D eigenvalue weighted by molar-refractivity contribution is 9.10. The fourth-order valence-electron chi connectivity index (χ4n) is 3.47. The molecule has 2 heterocycles. The molecule has 0 spiro atoms. The van der Waals surface area contributed by atoms with Gasteiger partial charge >= 0.3 is 0 Å². The lowest BCUT2D eigenvalue weighted by Gasteiger charge is -2.12. The lowest BCUT2D eigenvalue weighted by molar-refractivity contribution is -0.123. The molecule has 2 amide bonds. The van der Waals surface area contributed by atoms with E-state index in [1.807, 2.05) is 48.7 Å². The van der Waals surface area contributed by atoms with E-state index in [-0.39, 0.29) is 23.5 Å². The summed E-state index contributed by atoms with van der Waals surface area (Å²) in [5, 5.41) is -0.276. The van der Waals surface area contributed by atoms with Crippen LogP contribution in [0.4, 0.5) is 9.18 Å². The Morgan fingerprint density at radius 2 is 1.70 bits per heavy atom. The monoisotopic (exact) mass is 484 g/mol. The number of aromatic nitrogens is 1. The second-order valence-electron chi connectivity index (χ2n) is 7.03. The molecule has 152 valence electrons. The molecule has 7 heteroatoms. The molecule has 1 aromatic heterocycles. The third kappa shape index (κ3) is 4.00. The van der Waals surface area contributed by atoms with Crippen LogP contribution in [0.25, 0.3) is 11.8 Å². The summed E-state index contributed by atoms with van der Waals surface area (Å²) in [6, 6.07) is 15.8. The van der Waals surface area contributed by atoms with Crippen LogP contribution in [0.2, 0.25) is 0 Å². The average molecular weight is 485 g/mol. The van der Waals surface area contributed by atoms with E-state index in [1.54, 1.807) is 18.2 Å². The van der Waals surface area contributed by atoms with Crippen molar-refractivity contribution >= 4 is 44.9 Å². The number of rotatable bonds is 4. The molecule has 0 unspecified atom stereocenters. The Bertz CT molecular complexity index is 1170. The van der Waals surface area contributed by atoms with Crippen molar-refractivity contribution in [2.45, 2.75) is 20.4 Å². The van der Waals surface area contributed by atoms with Gasteiger partial charge in [-0.05, 0) is 85.3 Å². The predicted molar refractivity (Wildman–Crippen MR) is 121 cm³/mol. The van der Waals surface area contributed by atoms with E-state index in [2.05, 4.69) is 15.9 Å². The van der Waals surface area contributed by atoms with E-state index in [1.165, 1.54) is 17.0 Å². The van der Waals surface area contributed by atoms with Crippen LogP contribution in [-0.2, 0) is 11.3 Å². The highest BCUT2D eigenvalue weighted by atomic mass is 79.9. The Labute approximate surface area is 186 Å². The van der Waals surface area contributed by atoms with Gasteiger partial charge in [0.25, 0.3) is 11.1 Å². The summed E-state index contributed by atoms with van der Waals surface area (Å²) in [6.45, 7) is 4.13. The molecule has 1 aliphatic heterocycles. The van der Waals surface area contributed by atoms with E-state index in [0.29, 0.717) is 4.91 Å². The van der Waals surface area contributed by atoms with Gasteiger partial charge < -0.3 is 4.57 Å². The summed E-state index contributed by atoms with van der Waals surface area (Å²) >= 11 is 4.33. The first kappa shape index (κ1) is 20.6. The molecule has 0 aliphatic carbocycles.